The number of sulfone groups is 1. The number of benzene rings is 1. The average Bonchev–Trinajstić information content (AvgIpc) is 2.47. The van der Waals surface area contributed by atoms with Crippen molar-refractivity contribution in [1.29, 1.82) is 0 Å². The van der Waals surface area contributed by atoms with E-state index in [0.29, 0.717) is 17.2 Å². The van der Waals surface area contributed by atoms with Gasteiger partial charge in [-0.15, -0.1) is 11.6 Å². The van der Waals surface area contributed by atoms with Crippen molar-refractivity contribution in [2.24, 2.45) is 5.92 Å². The molecule has 0 amide bonds. The molecule has 21 heavy (non-hydrogen) atoms. The Hall–Kier alpha value is -0.740. The standard InChI is InChI=1S/C16H24ClNO2S/c1-2-11-21(19,20)15-9-7-14(8-10-15)18-12-13-5-3-4-6-16(13)17/h7-10,13,16,18H,2-6,11-12H2,1H3. The van der Waals surface area contributed by atoms with E-state index in [-0.39, 0.29) is 11.1 Å². The predicted octanol–water partition coefficient (Wildman–Crippen LogP) is 4.08. The SMILES string of the molecule is CCCS(=O)(=O)c1ccc(NCC2CCCCC2Cl)cc1. The van der Waals surface area contributed by atoms with Crippen molar-refractivity contribution >= 4 is 27.1 Å². The van der Waals surface area contributed by atoms with Crippen LogP contribution in [0, 0.1) is 5.92 Å². The van der Waals surface area contributed by atoms with Gasteiger partial charge < -0.3 is 5.32 Å². The van der Waals surface area contributed by atoms with Gasteiger partial charge in [0, 0.05) is 17.6 Å². The Morgan fingerprint density at radius 3 is 2.48 bits per heavy atom. The summed E-state index contributed by atoms with van der Waals surface area (Å²) < 4.78 is 23.9. The highest BCUT2D eigenvalue weighted by Gasteiger charge is 2.22. The largest absolute Gasteiger partial charge is 0.385 e. The summed E-state index contributed by atoms with van der Waals surface area (Å²) in [6.45, 7) is 2.73. The van der Waals surface area contributed by atoms with Gasteiger partial charge in [-0.05, 0) is 49.4 Å². The predicted molar refractivity (Wildman–Crippen MR) is 88.9 cm³/mol. The van der Waals surface area contributed by atoms with Gasteiger partial charge in [0.1, 0.15) is 0 Å². The zero-order valence-electron chi connectivity index (χ0n) is 12.5. The Morgan fingerprint density at radius 2 is 1.86 bits per heavy atom. The molecule has 2 atom stereocenters. The molecule has 1 aliphatic carbocycles. The molecule has 1 fully saturated rings. The van der Waals surface area contributed by atoms with Crippen LogP contribution in [0.5, 0.6) is 0 Å². The summed E-state index contributed by atoms with van der Waals surface area (Å²) in [7, 11) is -3.12. The van der Waals surface area contributed by atoms with Gasteiger partial charge in [-0.3, -0.25) is 0 Å². The average molecular weight is 330 g/mol. The molecule has 0 aliphatic heterocycles. The quantitative estimate of drug-likeness (QED) is 0.800. The van der Waals surface area contributed by atoms with Gasteiger partial charge >= 0.3 is 0 Å². The maximum absolute atomic E-state index is 12.0. The number of alkyl halides is 1. The van der Waals surface area contributed by atoms with Crippen molar-refractivity contribution in [3.05, 3.63) is 24.3 Å². The maximum Gasteiger partial charge on any atom is 0.178 e. The second kappa shape index (κ2) is 7.50. The molecule has 0 spiro atoms. The molecule has 2 unspecified atom stereocenters. The molecule has 0 bridgehead atoms. The summed E-state index contributed by atoms with van der Waals surface area (Å²) in [6, 6.07) is 7.06. The van der Waals surface area contributed by atoms with Crippen LogP contribution in [-0.4, -0.2) is 26.1 Å². The summed E-state index contributed by atoms with van der Waals surface area (Å²) in [5.74, 6) is 0.708. The fourth-order valence-electron chi connectivity index (χ4n) is 2.81. The number of anilines is 1. The molecular weight excluding hydrogens is 306 g/mol. The first-order chi connectivity index (χ1) is 10.0. The highest BCUT2D eigenvalue weighted by molar-refractivity contribution is 7.91. The lowest BCUT2D eigenvalue weighted by molar-refractivity contribution is 0.380. The van der Waals surface area contributed by atoms with Gasteiger partial charge in [0.15, 0.2) is 9.84 Å². The van der Waals surface area contributed by atoms with Crippen molar-refractivity contribution in [2.75, 3.05) is 17.6 Å². The van der Waals surface area contributed by atoms with E-state index in [9.17, 15) is 8.42 Å². The minimum absolute atomic E-state index is 0.204. The van der Waals surface area contributed by atoms with Crippen molar-refractivity contribution in [3.8, 4) is 0 Å². The van der Waals surface area contributed by atoms with Gasteiger partial charge in [0.25, 0.3) is 0 Å². The van der Waals surface area contributed by atoms with E-state index in [4.69, 9.17) is 11.6 Å². The van der Waals surface area contributed by atoms with E-state index in [2.05, 4.69) is 5.32 Å². The first-order valence-corrected chi connectivity index (χ1v) is 9.82. The fraction of sp³-hybridized carbons (Fsp3) is 0.625. The third-order valence-electron chi connectivity index (χ3n) is 4.07. The van der Waals surface area contributed by atoms with E-state index in [0.717, 1.165) is 18.7 Å². The van der Waals surface area contributed by atoms with E-state index in [1.807, 2.05) is 19.1 Å². The molecule has 1 aromatic rings. The van der Waals surface area contributed by atoms with Gasteiger partial charge in [0.2, 0.25) is 0 Å². The van der Waals surface area contributed by atoms with E-state index < -0.39 is 9.84 Å². The minimum Gasteiger partial charge on any atom is -0.385 e. The van der Waals surface area contributed by atoms with Crippen LogP contribution in [-0.2, 0) is 9.84 Å². The van der Waals surface area contributed by atoms with E-state index in [1.165, 1.54) is 19.3 Å². The molecule has 1 N–H and O–H groups in total. The van der Waals surface area contributed by atoms with Crippen molar-refractivity contribution in [3.63, 3.8) is 0 Å². The fourth-order valence-corrected chi connectivity index (χ4v) is 4.50. The summed E-state index contributed by atoms with van der Waals surface area (Å²) in [5.41, 5.74) is 0.958. The first kappa shape index (κ1) is 16.6. The molecule has 0 aromatic heterocycles. The topological polar surface area (TPSA) is 46.2 Å². The molecule has 0 heterocycles. The van der Waals surface area contributed by atoms with Crippen molar-refractivity contribution < 1.29 is 8.42 Å². The van der Waals surface area contributed by atoms with Crippen LogP contribution in [0.3, 0.4) is 0 Å². The van der Waals surface area contributed by atoms with Crippen LogP contribution in [0.2, 0.25) is 0 Å². The lowest BCUT2D eigenvalue weighted by Crippen LogP contribution is -2.26. The molecular formula is C16H24ClNO2S. The number of hydrogen-bond donors (Lipinski definition) is 1. The zero-order valence-corrected chi connectivity index (χ0v) is 14.1. The van der Waals surface area contributed by atoms with Crippen LogP contribution >= 0.6 is 11.6 Å². The van der Waals surface area contributed by atoms with Crippen LogP contribution < -0.4 is 5.32 Å². The van der Waals surface area contributed by atoms with Crippen molar-refractivity contribution in [2.45, 2.75) is 49.3 Å². The van der Waals surface area contributed by atoms with Crippen LogP contribution in [0.4, 0.5) is 5.69 Å². The minimum atomic E-state index is -3.12. The molecule has 1 saturated carbocycles. The highest BCUT2D eigenvalue weighted by Crippen LogP contribution is 2.29. The summed E-state index contributed by atoms with van der Waals surface area (Å²) >= 11 is 6.35. The Balaban J connectivity index is 1.93. The molecule has 1 aromatic carbocycles. The number of nitrogens with one attached hydrogen (secondary N) is 1. The second-order valence-corrected chi connectivity index (χ2v) is 8.45. The van der Waals surface area contributed by atoms with E-state index in [1.54, 1.807) is 12.1 Å². The third kappa shape index (κ3) is 4.62. The van der Waals surface area contributed by atoms with Crippen LogP contribution in [0.1, 0.15) is 39.0 Å². The Morgan fingerprint density at radius 1 is 1.19 bits per heavy atom. The Bertz CT molecular complexity index is 542. The summed E-state index contributed by atoms with van der Waals surface area (Å²) in [4.78, 5) is 0.405. The number of rotatable bonds is 6. The molecule has 118 valence electrons. The molecule has 1 aliphatic rings. The summed E-state index contributed by atoms with van der Waals surface area (Å²) in [5, 5.41) is 3.64. The van der Waals surface area contributed by atoms with E-state index >= 15 is 0 Å². The maximum atomic E-state index is 12.0. The lowest BCUT2D eigenvalue weighted by Gasteiger charge is -2.27. The van der Waals surface area contributed by atoms with Crippen molar-refractivity contribution in [1.82, 2.24) is 0 Å². The molecule has 2 rings (SSSR count). The molecule has 0 radical (unpaired) electrons. The van der Waals surface area contributed by atoms with Crippen LogP contribution in [0.25, 0.3) is 0 Å². The molecule has 0 saturated heterocycles. The Kier molecular flexibility index (Phi) is 5.94. The number of hydrogen-bond acceptors (Lipinski definition) is 3. The normalized spacial score (nSPS) is 23.0. The Labute approximate surface area is 133 Å². The van der Waals surface area contributed by atoms with Gasteiger partial charge in [0.05, 0.1) is 10.6 Å². The molecule has 3 nitrogen and oxygen atoms in total. The summed E-state index contributed by atoms with van der Waals surface area (Å²) in [6.07, 6.45) is 5.39. The second-order valence-electron chi connectivity index (χ2n) is 5.78. The van der Waals surface area contributed by atoms with Gasteiger partial charge in [-0.1, -0.05) is 19.8 Å². The molecule has 5 heteroatoms. The zero-order chi connectivity index (χ0) is 15.3. The first-order valence-electron chi connectivity index (χ1n) is 7.73. The third-order valence-corrected chi connectivity index (χ3v) is 6.58. The van der Waals surface area contributed by atoms with Crippen LogP contribution in [0.15, 0.2) is 29.2 Å². The monoisotopic (exact) mass is 329 g/mol. The van der Waals surface area contributed by atoms with Gasteiger partial charge in [-0.2, -0.15) is 0 Å². The smallest absolute Gasteiger partial charge is 0.178 e. The number of halogens is 1. The van der Waals surface area contributed by atoms with Gasteiger partial charge in [-0.25, -0.2) is 8.42 Å². The highest BCUT2D eigenvalue weighted by atomic mass is 35.5. The lowest BCUT2D eigenvalue weighted by atomic mass is 9.88.